The molecule has 0 atom stereocenters. The third-order valence-electron chi connectivity index (χ3n) is 2.89. The van der Waals surface area contributed by atoms with E-state index in [-0.39, 0.29) is 0 Å². The number of nitrogens with zero attached hydrogens (tertiary/aromatic N) is 2. The number of hydrogen-bond acceptors (Lipinski definition) is 4. The average molecular weight is 241 g/mol. The van der Waals surface area contributed by atoms with E-state index in [1.54, 1.807) is 12.4 Å². The van der Waals surface area contributed by atoms with Crippen LogP contribution in [0.1, 0.15) is 12.8 Å². The smallest absolute Gasteiger partial charge is 0.144 e. The molecule has 0 amide bonds. The Labute approximate surface area is 106 Å². The van der Waals surface area contributed by atoms with Gasteiger partial charge in [-0.2, -0.15) is 0 Å². The van der Waals surface area contributed by atoms with Crippen LogP contribution in [0.4, 0.5) is 5.82 Å². The van der Waals surface area contributed by atoms with Crippen molar-refractivity contribution in [3.8, 4) is 17.0 Å². The summed E-state index contributed by atoms with van der Waals surface area (Å²) in [4.78, 5) is 8.61. The highest BCUT2D eigenvalue weighted by Crippen LogP contribution is 2.28. The second-order valence-corrected chi connectivity index (χ2v) is 4.38. The second-order valence-electron chi connectivity index (χ2n) is 4.38. The van der Waals surface area contributed by atoms with Gasteiger partial charge in [0.15, 0.2) is 0 Å². The van der Waals surface area contributed by atoms with Crippen molar-refractivity contribution in [3.05, 3.63) is 36.7 Å². The summed E-state index contributed by atoms with van der Waals surface area (Å²) in [6, 6.07) is 8.00. The second kappa shape index (κ2) is 4.64. The number of nitrogens with one attached hydrogen (secondary N) is 1. The minimum Gasteiger partial charge on any atom is -0.490 e. The quantitative estimate of drug-likeness (QED) is 0.894. The van der Waals surface area contributed by atoms with E-state index >= 15 is 0 Å². The maximum atomic E-state index is 5.71. The molecule has 1 fully saturated rings. The summed E-state index contributed by atoms with van der Waals surface area (Å²) in [7, 11) is 1.83. The van der Waals surface area contributed by atoms with Gasteiger partial charge in [-0.1, -0.05) is 0 Å². The molecule has 18 heavy (non-hydrogen) atoms. The number of ether oxygens (including phenoxy) is 1. The monoisotopic (exact) mass is 241 g/mol. The largest absolute Gasteiger partial charge is 0.490 e. The summed E-state index contributed by atoms with van der Waals surface area (Å²) in [5.74, 6) is 1.70. The fourth-order valence-electron chi connectivity index (χ4n) is 1.69. The zero-order valence-corrected chi connectivity index (χ0v) is 10.3. The van der Waals surface area contributed by atoms with Crippen molar-refractivity contribution < 1.29 is 4.74 Å². The molecule has 0 unspecified atom stereocenters. The summed E-state index contributed by atoms with van der Waals surface area (Å²) in [5, 5.41) is 2.95. The Hall–Kier alpha value is -2.10. The van der Waals surface area contributed by atoms with Crippen LogP contribution in [-0.4, -0.2) is 23.1 Å². The summed E-state index contributed by atoms with van der Waals surface area (Å²) in [6.07, 6.45) is 6.29. The highest BCUT2D eigenvalue weighted by atomic mass is 16.5. The normalized spacial score (nSPS) is 14.3. The van der Waals surface area contributed by atoms with Crippen LogP contribution in [0, 0.1) is 0 Å². The van der Waals surface area contributed by atoms with Gasteiger partial charge in [0.05, 0.1) is 24.2 Å². The van der Waals surface area contributed by atoms with Gasteiger partial charge in [-0.3, -0.25) is 4.98 Å². The minimum atomic E-state index is 0.436. The lowest BCUT2D eigenvalue weighted by Crippen LogP contribution is -1.96. The van der Waals surface area contributed by atoms with Crippen LogP contribution in [0.15, 0.2) is 36.7 Å². The molecule has 0 bridgehead atoms. The number of rotatable bonds is 4. The molecular weight excluding hydrogens is 226 g/mol. The van der Waals surface area contributed by atoms with Crippen LogP contribution < -0.4 is 10.1 Å². The van der Waals surface area contributed by atoms with Gasteiger partial charge in [0.2, 0.25) is 0 Å². The van der Waals surface area contributed by atoms with Gasteiger partial charge in [0, 0.05) is 12.6 Å². The number of benzene rings is 1. The van der Waals surface area contributed by atoms with E-state index in [2.05, 4.69) is 15.3 Å². The lowest BCUT2D eigenvalue weighted by atomic mass is 10.1. The van der Waals surface area contributed by atoms with Crippen molar-refractivity contribution in [1.82, 2.24) is 9.97 Å². The molecule has 1 N–H and O–H groups in total. The van der Waals surface area contributed by atoms with E-state index in [1.165, 1.54) is 12.8 Å². The third-order valence-corrected chi connectivity index (χ3v) is 2.89. The Kier molecular flexibility index (Phi) is 2.84. The predicted octanol–water partition coefficient (Wildman–Crippen LogP) is 2.73. The first-order chi connectivity index (χ1) is 8.85. The van der Waals surface area contributed by atoms with Crippen molar-refractivity contribution in [3.63, 3.8) is 0 Å². The van der Waals surface area contributed by atoms with Gasteiger partial charge < -0.3 is 10.1 Å². The van der Waals surface area contributed by atoms with Crippen LogP contribution >= 0.6 is 0 Å². The maximum Gasteiger partial charge on any atom is 0.144 e. The van der Waals surface area contributed by atoms with Crippen LogP contribution in [0.5, 0.6) is 5.75 Å². The molecular formula is C14H15N3O. The Balaban J connectivity index is 1.77. The van der Waals surface area contributed by atoms with E-state index in [9.17, 15) is 0 Å². The van der Waals surface area contributed by atoms with Gasteiger partial charge in [-0.05, 0) is 37.1 Å². The Morgan fingerprint density at radius 1 is 1.11 bits per heavy atom. The van der Waals surface area contributed by atoms with Crippen molar-refractivity contribution in [2.75, 3.05) is 12.4 Å². The van der Waals surface area contributed by atoms with Gasteiger partial charge >= 0.3 is 0 Å². The maximum absolute atomic E-state index is 5.71. The van der Waals surface area contributed by atoms with Crippen LogP contribution in [-0.2, 0) is 0 Å². The van der Waals surface area contributed by atoms with Crippen molar-refractivity contribution >= 4 is 5.82 Å². The molecule has 92 valence electrons. The Morgan fingerprint density at radius 2 is 1.89 bits per heavy atom. The molecule has 4 heteroatoms. The van der Waals surface area contributed by atoms with Crippen LogP contribution in [0.3, 0.4) is 0 Å². The predicted molar refractivity (Wildman–Crippen MR) is 70.7 cm³/mol. The molecule has 1 aliphatic rings. The molecule has 3 rings (SSSR count). The number of aromatic nitrogens is 2. The van der Waals surface area contributed by atoms with Crippen molar-refractivity contribution in [2.24, 2.45) is 0 Å². The van der Waals surface area contributed by atoms with Crippen LogP contribution in [0.2, 0.25) is 0 Å². The van der Waals surface area contributed by atoms with Crippen molar-refractivity contribution in [2.45, 2.75) is 18.9 Å². The molecule has 1 saturated carbocycles. The third kappa shape index (κ3) is 2.42. The topological polar surface area (TPSA) is 47.0 Å². The first-order valence-electron chi connectivity index (χ1n) is 6.12. The van der Waals surface area contributed by atoms with Gasteiger partial charge in [-0.15, -0.1) is 0 Å². The molecule has 0 aliphatic heterocycles. The highest BCUT2D eigenvalue weighted by molar-refractivity contribution is 5.59. The van der Waals surface area contributed by atoms with E-state index in [0.29, 0.717) is 6.10 Å². The molecule has 1 heterocycles. The van der Waals surface area contributed by atoms with Crippen molar-refractivity contribution in [1.29, 1.82) is 0 Å². The SMILES string of the molecule is CNc1cnc(-c2ccc(OC3CC3)cc2)cn1. The Bertz CT molecular complexity index is 518. The molecule has 4 nitrogen and oxygen atoms in total. The van der Waals surface area contributed by atoms with E-state index in [0.717, 1.165) is 22.8 Å². The molecule has 0 saturated heterocycles. The summed E-state index contributed by atoms with van der Waals surface area (Å²) in [5.41, 5.74) is 1.92. The van der Waals surface area contributed by atoms with Gasteiger partial charge in [0.25, 0.3) is 0 Å². The highest BCUT2D eigenvalue weighted by Gasteiger charge is 2.23. The zero-order chi connectivity index (χ0) is 12.4. The van der Waals surface area contributed by atoms with Gasteiger partial charge in [0.1, 0.15) is 11.6 Å². The summed E-state index contributed by atoms with van der Waals surface area (Å²) >= 11 is 0. The number of anilines is 1. The molecule has 1 aliphatic carbocycles. The fraction of sp³-hybridized carbons (Fsp3) is 0.286. The standard InChI is InChI=1S/C14H15N3O/c1-15-14-9-16-13(8-17-14)10-2-4-11(5-3-10)18-12-6-7-12/h2-5,8-9,12H,6-7H2,1H3,(H,15,17). The van der Waals surface area contributed by atoms with E-state index in [4.69, 9.17) is 4.74 Å². The lowest BCUT2D eigenvalue weighted by molar-refractivity contribution is 0.303. The molecule has 1 aromatic carbocycles. The minimum absolute atomic E-state index is 0.436. The average Bonchev–Trinajstić information content (AvgIpc) is 3.24. The van der Waals surface area contributed by atoms with Gasteiger partial charge in [-0.25, -0.2) is 4.98 Å². The zero-order valence-electron chi connectivity index (χ0n) is 10.3. The molecule has 0 radical (unpaired) electrons. The molecule has 0 spiro atoms. The first kappa shape index (κ1) is 11.0. The van der Waals surface area contributed by atoms with E-state index < -0.39 is 0 Å². The fourth-order valence-corrected chi connectivity index (χ4v) is 1.69. The lowest BCUT2D eigenvalue weighted by Gasteiger charge is -2.06. The summed E-state index contributed by atoms with van der Waals surface area (Å²) < 4.78 is 5.71. The first-order valence-corrected chi connectivity index (χ1v) is 6.12. The number of hydrogen-bond donors (Lipinski definition) is 1. The summed E-state index contributed by atoms with van der Waals surface area (Å²) in [6.45, 7) is 0. The molecule has 2 aromatic rings. The van der Waals surface area contributed by atoms with Crippen LogP contribution in [0.25, 0.3) is 11.3 Å². The Morgan fingerprint density at radius 3 is 2.44 bits per heavy atom. The molecule has 1 aromatic heterocycles. The van der Waals surface area contributed by atoms with E-state index in [1.807, 2.05) is 31.3 Å².